The summed E-state index contributed by atoms with van der Waals surface area (Å²) in [6.07, 6.45) is -0.313. The first-order valence-corrected chi connectivity index (χ1v) is 4.94. The minimum Gasteiger partial charge on any atom is -0.482 e. The van der Waals surface area contributed by atoms with Crippen LogP contribution in [0.25, 0.3) is 0 Å². The zero-order chi connectivity index (χ0) is 10.3. The minimum absolute atomic E-state index is 0.0995. The molecule has 0 aromatic heterocycles. The van der Waals surface area contributed by atoms with E-state index in [-0.39, 0.29) is 11.9 Å². The zero-order valence-corrected chi connectivity index (χ0v) is 8.70. The van der Waals surface area contributed by atoms with Crippen LogP contribution in [0.15, 0.2) is 18.2 Å². The van der Waals surface area contributed by atoms with E-state index in [1.807, 2.05) is 18.2 Å². The highest BCUT2D eigenvalue weighted by molar-refractivity contribution is 6.04. The molecule has 0 saturated heterocycles. The monoisotopic (exact) mass is 190 g/mol. The summed E-state index contributed by atoms with van der Waals surface area (Å²) in [5, 5.41) is 0. The predicted octanol–water partition coefficient (Wildman–Crippen LogP) is 2.77. The molecule has 0 N–H and O–H groups in total. The Morgan fingerprint density at radius 1 is 1.36 bits per heavy atom. The second-order valence-electron chi connectivity index (χ2n) is 4.03. The first kappa shape index (κ1) is 9.25. The average Bonchev–Trinajstić information content (AvgIpc) is 2.43. The highest BCUT2D eigenvalue weighted by Crippen LogP contribution is 2.31. The molecule has 0 radical (unpaired) electrons. The fourth-order valence-electron chi connectivity index (χ4n) is 1.66. The van der Waals surface area contributed by atoms with Crippen molar-refractivity contribution in [3.8, 4) is 5.75 Å². The number of hydrogen-bond donors (Lipinski definition) is 0. The second-order valence-corrected chi connectivity index (χ2v) is 4.03. The molecule has 1 aromatic rings. The van der Waals surface area contributed by atoms with Gasteiger partial charge in [-0.2, -0.15) is 0 Å². The smallest absolute Gasteiger partial charge is 0.206 e. The van der Waals surface area contributed by atoms with Gasteiger partial charge in [-0.1, -0.05) is 19.9 Å². The van der Waals surface area contributed by atoms with E-state index in [0.717, 1.165) is 11.3 Å². The van der Waals surface area contributed by atoms with Crippen LogP contribution in [0.3, 0.4) is 0 Å². The number of rotatable bonds is 1. The van der Waals surface area contributed by atoms with Crippen molar-refractivity contribution in [3.05, 3.63) is 29.3 Å². The first-order valence-electron chi connectivity index (χ1n) is 4.94. The van der Waals surface area contributed by atoms with Crippen molar-refractivity contribution in [3.63, 3.8) is 0 Å². The Morgan fingerprint density at radius 2 is 2.07 bits per heavy atom. The molecule has 2 nitrogen and oxygen atoms in total. The normalized spacial score (nSPS) is 19.7. The van der Waals surface area contributed by atoms with E-state index in [4.69, 9.17) is 4.74 Å². The van der Waals surface area contributed by atoms with E-state index in [0.29, 0.717) is 5.92 Å². The molecule has 0 spiro atoms. The van der Waals surface area contributed by atoms with Crippen LogP contribution in [0.5, 0.6) is 5.75 Å². The predicted molar refractivity (Wildman–Crippen MR) is 55.0 cm³/mol. The van der Waals surface area contributed by atoms with Crippen molar-refractivity contribution in [1.82, 2.24) is 0 Å². The highest BCUT2D eigenvalue weighted by Gasteiger charge is 2.28. The van der Waals surface area contributed by atoms with Crippen LogP contribution in [0.4, 0.5) is 0 Å². The summed E-state index contributed by atoms with van der Waals surface area (Å²) >= 11 is 0. The summed E-state index contributed by atoms with van der Waals surface area (Å²) in [5.41, 5.74) is 1.93. The fourth-order valence-corrected chi connectivity index (χ4v) is 1.66. The second kappa shape index (κ2) is 3.12. The maximum atomic E-state index is 11.6. The molecule has 0 fully saturated rings. The Balaban J connectivity index is 2.46. The maximum absolute atomic E-state index is 11.6. The van der Waals surface area contributed by atoms with Gasteiger partial charge in [0, 0.05) is 0 Å². The highest BCUT2D eigenvalue weighted by atomic mass is 16.5. The van der Waals surface area contributed by atoms with Gasteiger partial charge in [0.2, 0.25) is 5.78 Å². The van der Waals surface area contributed by atoms with E-state index in [9.17, 15) is 4.79 Å². The van der Waals surface area contributed by atoms with Crippen molar-refractivity contribution < 1.29 is 9.53 Å². The van der Waals surface area contributed by atoms with Crippen LogP contribution in [-0.2, 0) is 0 Å². The topological polar surface area (TPSA) is 26.3 Å². The van der Waals surface area contributed by atoms with Crippen LogP contribution in [0.1, 0.15) is 42.6 Å². The number of Topliss-reactive ketones (excluding diaryl/α,β-unsaturated/α-hetero) is 1. The van der Waals surface area contributed by atoms with Crippen LogP contribution in [-0.4, -0.2) is 11.9 Å². The van der Waals surface area contributed by atoms with Crippen molar-refractivity contribution in [2.45, 2.75) is 32.8 Å². The van der Waals surface area contributed by atoms with E-state index in [1.54, 1.807) is 6.92 Å². The van der Waals surface area contributed by atoms with Gasteiger partial charge >= 0.3 is 0 Å². The van der Waals surface area contributed by atoms with Gasteiger partial charge in [0.05, 0.1) is 5.56 Å². The van der Waals surface area contributed by atoms with Crippen molar-refractivity contribution in [1.29, 1.82) is 0 Å². The number of ether oxygens (including phenoxy) is 1. The van der Waals surface area contributed by atoms with Gasteiger partial charge < -0.3 is 4.74 Å². The number of fused-ring (bicyclic) bond motifs is 1. The summed E-state index contributed by atoms with van der Waals surface area (Å²) in [5.74, 6) is 1.28. The number of benzene rings is 1. The lowest BCUT2D eigenvalue weighted by atomic mass is 9.99. The van der Waals surface area contributed by atoms with Gasteiger partial charge in [-0.05, 0) is 30.5 Å². The van der Waals surface area contributed by atoms with Crippen molar-refractivity contribution >= 4 is 5.78 Å². The third-order valence-corrected chi connectivity index (χ3v) is 2.61. The molecule has 1 atom stereocenters. The summed E-state index contributed by atoms with van der Waals surface area (Å²) in [7, 11) is 0. The zero-order valence-electron chi connectivity index (χ0n) is 8.70. The molecule has 0 aliphatic carbocycles. The molecule has 2 rings (SSSR count). The van der Waals surface area contributed by atoms with Gasteiger partial charge in [0.1, 0.15) is 5.75 Å². The van der Waals surface area contributed by atoms with Gasteiger partial charge in [-0.3, -0.25) is 4.79 Å². The average molecular weight is 190 g/mol. The third kappa shape index (κ3) is 1.31. The van der Waals surface area contributed by atoms with Crippen LogP contribution in [0.2, 0.25) is 0 Å². The molecular weight excluding hydrogens is 176 g/mol. The summed E-state index contributed by atoms with van der Waals surface area (Å²) in [6.45, 7) is 6.02. The van der Waals surface area contributed by atoms with Gasteiger partial charge in [-0.15, -0.1) is 0 Å². The van der Waals surface area contributed by atoms with Gasteiger partial charge in [0.25, 0.3) is 0 Å². The van der Waals surface area contributed by atoms with Crippen LogP contribution >= 0.6 is 0 Å². The third-order valence-electron chi connectivity index (χ3n) is 2.61. The van der Waals surface area contributed by atoms with Gasteiger partial charge in [0.15, 0.2) is 6.10 Å². The van der Waals surface area contributed by atoms with E-state index in [1.165, 1.54) is 5.56 Å². The quantitative estimate of drug-likeness (QED) is 0.680. The Kier molecular flexibility index (Phi) is 2.06. The Bertz CT molecular complexity index is 380. The largest absolute Gasteiger partial charge is 0.482 e. The minimum atomic E-state index is -0.313. The van der Waals surface area contributed by atoms with Crippen LogP contribution < -0.4 is 4.74 Å². The SMILES string of the molecule is CC1Oc2ccc(C(C)C)cc2C1=O. The fraction of sp³-hybridized carbons (Fsp3) is 0.417. The lowest BCUT2D eigenvalue weighted by Gasteiger charge is -2.05. The summed E-state index contributed by atoms with van der Waals surface area (Å²) < 4.78 is 5.40. The van der Waals surface area contributed by atoms with E-state index < -0.39 is 0 Å². The molecule has 0 bridgehead atoms. The Labute approximate surface area is 83.9 Å². The molecule has 1 heterocycles. The molecule has 1 aliphatic rings. The molecule has 0 amide bonds. The number of carbonyl (C=O) groups excluding carboxylic acids is 1. The van der Waals surface area contributed by atoms with Crippen molar-refractivity contribution in [2.24, 2.45) is 0 Å². The molecule has 2 heteroatoms. The Hall–Kier alpha value is -1.31. The lowest BCUT2D eigenvalue weighted by Crippen LogP contribution is -2.14. The van der Waals surface area contributed by atoms with Crippen molar-refractivity contribution in [2.75, 3.05) is 0 Å². The number of carbonyl (C=O) groups is 1. The molecule has 1 aromatic carbocycles. The molecule has 14 heavy (non-hydrogen) atoms. The standard InChI is InChI=1S/C12H14O2/c1-7(2)9-4-5-11-10(6-9)12(13)8(3)14-11/h4-8H,1-3H3. The van der Waals surface area contributed by atoms with Crippen LogP contribution in [0, 0.1) is 0 Å². The number of hydrogen-bond acceptors (Lipinski definition) is 2. The van der Waals surface area contributed by atoms with E-state index >= 15 is 0 Å². The molecule has 0 saturated carbocycles. The molecule has 1 aliphatic heterocycles. The lowest BCUT2D eigenvalue weighted by molar-refractivity contribution is 0.0878. The maximum Gasteiger partial charge on any atom is 0.206 e. The first-order chi connectivity index (χ1) is 6.59. The van der Waals surface area contributed by atoms with Gasteiger partial charge in [-0.25, -0.2) is 0 Å². The number of ketones is 1. The molecular formula is C12H14O2. The Morgan fingerprint density at radius 3 is 2.71 bits per heavy atom. The molecule has 74 valence electrons. The molecule has 1 unspecified atom stereocenters. The summed E-state index contributed by atoms with van der Waals surface area (Å²) in [6, 6.07) is 5.87. The summed E-state index contributed by atoms with van der Waals surface area (Å²) in [4.78, 5) is 11.6. The van der Waals surface area contributed by atoms with E-state index in [2.05, 4.69) is 13.8 Å².